The number of carbonyl (C=O) groups excluding carboxylic acids is 1. The summed E-state index contributed by atoms with van der Waals surface area (Å²) in [7, 11) is 0. The van der Waals surface area contributed by atoms with E-state index in [0.717, 1.165) is 38.5 Å². The van der Waals surface area contributed by atoms with Gasteiger partial charge < -0.3 is 5.11 Å². The van der Waals surface area contributed by atoms with Crippen LogP contribution in [0.25, 0.3) is 0 Å². The smallest absolute Gasteiger partial charge is 0.136 e. The highest BCUT2D eigenvalue weighted by Gasteiger charge is 2.44. The van der Waals surface area contributed by atoms with E-state index in [-0.39, 0.29) is 6.10 Å². The van der Waals surface area contributed by atoms with Crippen LogP contribution in [0.5, 0.6) is 0 Å². The molecule has 90 valence electrons. The fourth-order valence-corrected chi connectivity index (χ4v) is 4.44. The minimum Gasteiger partial charge on any atom is -0.393 e. The molecule has 3 fully saturated rings. The van der Waals surface area contributed by atoms with E-state index in [0.29, 0.717) is 29.5 Å². The van der Waals surface area contributed by atoms with E-state index in [2.05, 4.69) is 0 Å². The molecule has 0 aromatic rings. The largest absolute Gasteiger partial charge is 0.393 e. The normalized spacial score (nSPS) is 48.3. The Bertz CT molecular complexity index is 286. The summed E-state index contributed by atoms with van der Waals surface area (Å²) in [5.74, 6) is 2.65. The van der Waals surface area contributed by atoms with Gasteiger partial charge in [0.1, 0.15) is 5.78 Å². The summed E-state index contributed by atoms with van der Waals surface area (Å²) in [4.78, 5) is 11.9. The first-order valence-electron chi connectivity index (χ1n) is 6.96. The monoisotopic (exact) mass is 222 g/mol. The maximum atomic E-state index is 11.9. The molecule has 2 heteroatoms. The van der Waals surface area contributed by atoms with Crippen LogP contribution in [0.4, 0.5) is 0 Å². The zero-order valence-electron chi connectivity index (χ0n) is 9.90. The molecule has 2 nitrogen and oxygen atoms in total. The summed E-state index contributed by atoms with van der Waals surface area (Å²) in [5.41, 5.74) is 0. The molecule has 0 saturated heterocycles. The zero-order chi connectivity index (χ0) is 11.1. The first-order valence-corrected chi connectivity index (χ1v) is 6.96. The van der Waals surface area contributed by atoms with Crippen molar-refractivity contribution in [3.05, 3.63) is 0 Å². The lowest BCUT2D eigenvalue weighted by atomic mass is 9.59. The maximum Gasteiger partial charge on any atom is 0.136 e. The van der Waals surface area contributed by atoms with Crippen LogP contribution in [-0.2, 0) is 4.79 Å². The molecule has 3 rings (SSSR count). The Kier molecular flexibility index (Phi) is 2.78. The lowest BCUT2D eigenvalue weighted by Crippen LogP contribution is -2.44. The third kappa shape index (κ3) is 1.71. The summed E-state index contributed by atoms with van der Waals surface area (Å²) >= 11 is 0. The van der Waals surface area contributed by atoms with Gasteiger partial charge in [-0.2, -0.15) is 0 Å². The quantitative estimate of drug-likeness (QED) is 0.684. The predicted molar refractivity (Wildman–Crippen MR) is 61.9 cm³/mol. The van der Waals surface area contributed by atoms with E-state index in [1.165, 1.54) is 12.8 Å². The third-order valence-electron chi connectivity index (χ3n) is 5.29. The van der Waals surface area contributed by atoms with E-state index in [9.17, 15) is 9.90 Å². The lowest BCUT2D eigenvalue weighted by molar-refractivity contribution is -0.132. The standard InChI is InChI=1S/C14H22O2/c15-13-5-1-3-9-7-12-10(8-11(9)13)4-2-6-14(12)16/h9-13,15H,1-8H2. The van der Waals surface area contributed by atoms with Crippen molar-refractivity contribution in [2.75, 3.05) is 0 Å². The number of Topliss-reactive ketones (excluding diaryl/α,β-unsaturated/α-hetero) is 1. The van der Waals surface area contributed by atoms with Crippen LogP contribution in [-0.4, -0.2) is 17.0 Å². The van der Waals surface area contributed by atoms with Gasteiger partial charge in [-0.15, -0.1) is 0 Å². The summed E-state index contributed by atoms with van der Waals surface area (Å²) in [5, 5.41) is 10.1. The molecule has 0 aliphatic heterocycles. The van der Waals surface area contributed by atoms with Gasteiger partial charge in [0.15, 0.2) is 0 Å². The number of hydrogen-bond donors (Lipinski definition) is 1. The second kappa shape index (κ2) is 4.14. The SMILES string of the molecule is O=C1CCCC2CC3C(O)CCCC3CC12. The van der Waals surface area contributed by atoms with E-state index < -0.39 is 0 Å². The van der Waals surface area contributed by atoms with Crippen LogP contribution >= 0.6 is 0 Å². The molecule has 0 heterocycles. The molecule has 0 aromatic heterocycles. The maximum absolute atomic E-state index is 11.9. The molecular weight excluding hydrogens is 200 g/mol. The molecule has 1 N–H and O–H groups in total. The Morgan fingerprint density at radius 2 is 1.81 bits per heavy atom. The highest BCUT2D eigenvalue weighted by Crippen LogP contribution is 2.48. The number of ketones is 1. The number of aliphatic hydroxyl groups excluding tert-OH is 1. The van der Waals surface area contributed by atoms with Gasteiger partial charge in [0.2, 0.25) is 0 Å². The molecule has 5 atom stereocenters. The number of fused-ring (bicyclic) bond motifs is 2. The van der Waals surface area contributed by atoms with Crippen molar-refractivity contribution in [1.82, 2.24) is 0 Å². The fraction of sp³-hybridized carbons (Fsp3) is 0.929. The van der Waals surface area contributed by atoms with Crippen molar-refractivity contribution in [3.63, 3.8) is 0 Å². The van der Waals surface area contributed by atoms with E-state index >= 15 is 0 Å². The van der Waals surface area contributed by atoms with E-state index in [4.69, 9.17) is 0 Å². The van der Waals surface area contributed by atoms with Gasteiger partial charge in [0, 0.05) is 12.3 Å². The van der Waals surface area contributed by atoms with Gasteiger partial charge in [-0.25, -0.2) is 0 Å². The molecule has 3 saturated carbocycles. The second-order valence-corrected chi connectivity index (χ2v) is 6.12. The molecule has 0 aromatic carbocycles. The molecular formula is C14H22O2. The van der Waals surface area contributed by atoms with Crippen LogP contribution in [0.3, 0.4) is 0 Å². The summed E-state index contributed by atoms with van der Waals surface area (Å²) in [6.45, 7) is 0. The highest BCUT2D eigenvalue weighted by atomic mass is 16.3. The molecule has 16 heavy (non-hydrogen) atoms. The molecule has 0 bridgehead atoms. The molecule has 0 spiro atoms. The van der Waals surface area contributed by atoms with Gasteiger partial charge in [-0.1, -0.05) is 6.42 Å². The first-order chi connectivity index (χ1) is 7.75. The third-order valence-corrected chi connectivity index (χ3v) is 5.29. The summed E-state index contributed by atoms with van der Waals surface area (Å²) in [6, 6.07) is 0. The van der Waals surface area contributed by atoms with Gasteiger partial charge in [0.05, 0.1) is 6.10 Å². The van der Waals surface area contributed by atoms with Crippen LogP contribution in [0.2, 0.25) is 0 Å². The minimum atomic E-state index is -0.0725. The Balaban J connectivity index is 1.76. The Morgan fingerprint density at radius 1 is 1.00 bits per heavy atom. The van der Waals surface area contributed by atoms with Crippen LogP contribution in [0, 0.1) is 23.7 Å². The van der Waals surface area contributed by atoms with Gasteiger partial charge in [-0.05, 0) is 56.3 Å². The minimum absolute atomic E-state index is 0.0725. The van der Waals surface area contributed by atoms with E-state index in [1.807, 2.05) is 0 Å². The van der Waals surface area contributed by atoms with Crippen LogP contribution < -0.4 is 0 Å². The molecule has 3 aliphatic rings. The van der Waals surface area contributed by atoms with Crippen molar-refractivity contribution in [1.29, 1.82) is 0 Å². The topological polar surface area (TPSA) is 37.3 Å². The number of hydrogen-bond acceptors (Lipinski definition) is 2. The average molecular weight is 222 g/mol. The lowest BCUT2D eigenvalue weighted by Gasteiger charge is -2.47. The first kappa shape index (κ1) is 10.8. The number of carbonyl (C=O) groups is 1. The molecule has 3 aliphatic carbocycles. The zero-order valence-corrected chi connectivity index (χ0v) is 9.90. The van der Waals surface area contributed by atoms with Crippen molar-refractivity contribution >= 4 is 5.78 Å². The molecule has 0 radical (unpaired) electrons. The van der Waals surface area contributed by atoms with Crippen LogP contribution in [0.15, 0.2) is 0 Å². The summed E-state index contributed by atoms with van der Waals surface area (Å²) in [6.07, 6.45) is 8.68. The Hall–Kier alpha value is -0.370. The van der Waals surface area contributed by atoms with Crippen molar-refractivity contribution in [3.8, 4) is 0 Å². The number of aliphatic hydroxyl groups is 1. The van der Waals surface area contributed by atoms with Gasteiger partial charge >= 0.3 is 0 Å². The van der Waals surface area contributed by atoms with Gasteiger partial charge in [0.25, 0.3) is 0 Å². The van der Waals surface area contributed by atoms with Gasteiger partial charge in [-0.3, -0.25) is 4.79 Å². The predicted octanol–water partition coefficient (Wildman–Crippen LogP) is 2.54. The van der Waals surface area contributed by atoms with Crippen LogP contribution in [0.1, 0.15) is 51.4 Å². The second-order valence-electron chi connectivity index (χ2n) is 6.12. The molecule has 5 unspecified atom stereocenters. The Labute approximate surface area is 97.4 Å². The van der Waals surface area contributed by atoms with Crippen molar-refractivity contribution in [2.24, 2.45) is 23.7 Å². The number of rotatable bonds is 0. The highest BCUT2D eigenvalue weighted by molar-refractivity contribution is 5.82. The molecule has 0 amide bonds. The van der Waals surface area contributed by atoms with Crippen molar-refractivity contribution < 1.29 is 9.90 Å². The average Bonchev–Trinajstić information content (AvgIpc) is 2.29. The van der Waals surface area contributed by atoms with E-state index in [1.54, 1.807) is 0 Å². The Morgan fingerprint density at radius 3 is 2.69 bits per heavy atom. The van der Waals surface area contributed by atoms with Crippen molar-refractivity contribution in [2.45, 2.75) is 57.5 Å². The fourth-order valence-electron chi connectivity index (χ4n) is 4.44. The summed E-state index contributed by atoms with van der Waals surface area (Å²) < 4.78 is 0.